The molecule has 1 heterocycles. The molecule has 2 aromatic rings. The van der Waals surface area contributed by atoms with Crippen molar-refractivity contribution in [3.8, 4) is 5.69 Å². The van der Waals surface area contributed by atoms with Gasteiger partial charge in [0.1, 0.15) is 0 Å². The van der Waals surface area contributed by atoms with E-state index in [1.807, 2.05) is 35.2 Å². The third-order valence-corrected chi connectivity index (χ3v) is 3.00. The molecule has 6 nitrogen and oxygen atoms in total. The van der Waals surface area contributed by atoms with E-state index >= 15 is 0 Å². The summed E-state index contributed by atoms with van der Waals surface area (Å²) < 4.78 is 1.88. The highest BCUT2D eigenvalue weighted by Gasteiger charge is 2.13. The molecule has 0 spiro atoms. The van der Waals surface area contributed by atoms with Crippen LogP contribution in [0, 0.1) is 0 Å². The van der Waals surface area contributed by atoms with Gasteiger partial charge in [0.15, 0.2) is 6.10 Å². The van der Waals surface area contributed by atoms with E-state index in [1.165, 1.54) is 0 Å². The van der Waals surface area contributed by atoms with E-state index < -0.39 is 12.1 Å². The molecule has 110 valence electrons. The summed E-state index contributed by atoms with van der Waals surface area (Å²) in [5.41, 5.74) is 1.34. The van der Waals surface area contributed by atoms with Crippen molar-refractivity contribution in [2.45, 2.75) is 12.5 Å². The smallest absolute Gasteiger partial charge is 0.332 e. The average Bonchev–Trinajstić information content (AvgIpc) is 3.01. The van der Waals surface area contributed by atoms with E-state index in [9.17, 15) is 9.59 Å². The Balaban J connectivity index is 1.97. The Hall–Kier alpha value is -2.60. The number of aliphatic hydroxyl groups is 1. The first-order chi connectivity index (χ1) is 10.1. The maximum absolute atomic E-state index is 12.0. The second-order valence-corrected chi connectivity index (χ2v) is 4.54. The number of aliphatic hydroxyl groups excluding tert-OH is 1. The molecule has 0 radical (unpaired) electrons. The predicted octanol–water partition coefficient (Wildman–Crippen LogP) is 1.04. The fourth-order valence-electron chi connectivity index (χ4n) is 1.86. The van der Waals surface area contributed by atoms with Gasteiger partial charge in [-0.15, -0.1) is 0 Å². The molecule has 6 heteroatoms. The summed E-state index contributed by atoms with van der Waals surface area (Å²) in [4.78, 5) is 22.4. The number of nitrogens with one attached hydrogen (secondary N) is 1. The Morgan fingerprint density at radius 2 is 1.90 bits per heavy atom. The second-order valence-electron chi connectivity index (χ2n) is 4.54. The van der Waals surface area contributed by atoms with Crippen molar-refractivity contribution < 1.29 is 19.8 Å². The molecular formula is C15H16N2O4. The molecule has 1 amide bonds. The van der Waals surface area contributed by atoms with Gasteiger partial charge >= 0.3 is 5.97 Å². The topological polar surface area (TPSA) is 91.6 Å². The van der Waals surface area contributed by atoms with Crippen LogP contribution in [0.15, 0.2) is 48.8 Å². The molecule has 0 aliphatic carbocycles. The fraction of sp³-hybridized carbons (Fsp3) is 0.200. The number of carbonyl (C=O) groups excluding carboxylic acids is 1. The number of carbonyl (C=O) groups is 2. The van der Waals surface area contributed by atoms with Gasteiger partial charge in [0.2, 0.25) is 0 Å². The minimum atomic E-state index is -1.46. The first kappa shape index (κ1) is 14.8. The average molecular weight is 288 g/mol. The molecule has 0 saturated carbocycles. The quantitative estimate of drug-likeness (QED) is 0.740. The Bertz CT molecular complexity index is 622. The third-order valence-electron chi connectivity index (χ3n) is 3.00. The first-order valence-corrected chi connectivity index (χ1v) is 6.50. The summed E-state index contributed by atoms with van der Waals surface area (Å²) in [6.45, 7) is 0.0973. The van der Waals surface area contributed by atoms with Gasteiger partial charge in [0, 0.05) is 36.6 Å². The van der Waals surface area contributed by atoms with Crippen molar-refractivity contribution >= 4 is 11.9 Å². The van der Waals surface area contributed by atoms with E-state index in [-0.39, 0.29) is 18.9 Å². The van der Waals surface area contributed by atoms with Gasteiger partial charge in [-0.05, 0) is 30.3 Å². The van der Waals surface area contributed by atoms with E-state index in [4.69, 9.17) is 10.2 Å². The van der Waals surface area contributed by atoms with Crippen molar-refractivity contribution in [2.75, 3.05) is 6.54 Å². The third kappa shape index (κ3) is 3.93. The SMILES string of the molecule is O=C(NCC[C@H](O)C(=O)O)c1cccc(-n2cccc2)c1. The number of aliphatic carboxylic acids is 1. The summed E-state index contributed by atoms with van der Waals surface area (Å²) in [6, 6.07) is 10.8. The molecular weight excluding hydrogens is 272 g/mol. The van der Waals surface area contributed by atoms with Crippen LogP contribution in [0.5, 0.6) is 0 Å². The van der Waals surface area contributed by atoms with Crippen LogP contribution >= 0.6 is 0 Å². The normalized spacial score (nSPS) is 11.9. The van der Waals surface area contributed by atoms with E-state index in [2.05, 4.69) is 5.32 Å². The highest BCUT2D eigenvalue weighted by Crippen LogP contribution is 2.11. The lowest BCUT2D eigenvalue weighted by molar-refractivity contribution is -0.146. The van der Waals surface area contributed by atoms with Gasteiger partial charge in [-0.3, -0.25) is 4.79 Å². The second kappa shape index (κ2) is 6.71. The molecule has 0 fully saturated rings. The number of carboxylic acids is 1. The monoisotopic (exact) mass is 288 g/mol. The van der Waals surface area contributed by atoms with Crippen LogP contribution in [-0.2, 0) is 4.79 Å². The Morgan fingerprint density at radius 3 is 2.57 bits per heavy atom. The van der Waals surface area contributed by atoms with Gasteiger partial charge in [-0.1, -0.05) is 6.07 Å². The van der Waals surface area contributed by atoms with Crippen molar-refractivity contribution in [2.24, 2.45) is 0 Å². The van der Waals surface area contributed by atoms with Gasteiger partial charge in [0.25, 0.3) is 5.91 Å². The van der Waals surface area contributed by atoms with Crippen LogP contribution in [-0.4, -0.2) is 39.3 Å². The first-order valence-electron chi connectivity index (χ1n) is 6.50. The summed E-state index contributed by atoms with van der Waals surface area (Å²) >= 11 is 0. The number of carboxylic acid groups (broad SMARTS) is 1. The molecule has 1 aromatic carbocycles. The molecule has 1 aromatic heterocycles. The number of nitrogens with zero attached hydrogens (tertiary/aromatic N) is 1. The van der Waals surface area contributed by atoms with Crippen LogP contribution in [0.2, 0.25) is 0 Å². The summed E-state index contributed by atoms with van der Waals surface area (Å²) in [7, 11) is 0. The zero-order valence-corrected chi connectivity index (χ0v) is 11.3. The lowest BCUT2D eigenvalue weighted by Crippen LogP contribution is -2.30. The van der Waals surface area contributed by atoms with Crippen LogP contribution in [0.4, 0.5) is 0 Å². The molecule has 0 saturated heterocycles. The Morgan fingerprint density at radius 1 is 1.19 bits per heavy atom. The zero-order chi connectivity index (χ0) is 15.2. The number of benzene rings is 1. The predicted molar refractivity (Wildman–Crippen MR) is 76.4 cm³/mol. The molecule has 2 rings (SSSR count). The minimum Gasteiger partial charge on any atom is -0.479 e. The number of aromatic nitrogens is 1. The lowest BCUT2D eigenvalue weighted by Gasteiger charge is -2.09. The summed E-state index contributed by atoms with van der Waals surface area (Å²) in [5, 5.41) is 20.3. The maximum Gasteiger partial charge on any atom is 0.332 e. The number of rotatable bonds is 6. The van der Waals surface area contributed by atoms with Gasteiger partial charge in [0.05, 0.1) is 0 Å². The molecule has 0 aliphatic rings. The highest BCUT2D eigenvalue weighted by molar-refractivity contribution is 5.94. The maximum atomic E-state index is 12.0. The fourth-order valence-corrected chi connectivity index (χ4v) is 1.86. The van der Waals surface area contributed by atoms with Crippen molar-refractivity contribution in [3.63, 3.8) is 0 Å². The molecule has 21 heavy (non-hydrogen) atoms. The molecule has 3 N–H and O–H groups in total. The van der Waals surface area contributed by atoms with Crippen LogP contribution < -0.4 is 5.32 Å². The van der Waals surface area contributed by atoms with E-state index in [0.717, 1.165) is 5.69 Å². The Kier molecular flexibility index (Phi) is 4.73. The molecule has 0 unspecified atom stereocenters. The number of amides is 1. The molecule has 1 atom stereocenters. The minimum absolute atomic E-state index is 0.0294. The van der Waals surface area contributed by atoms with Crippen molar-refractivity contribution in [3.05, 3.63) is 54.4 Å². The van der Waals surface area contributed by atoms with E-state index in [0.29, 0.717) is 5.56 Å². The van der Waals surface area contributed by atoms with Crippen LogP contribution in [0.1, 0.15) is 16.8 Å². The van der Waals surface area contributed by atoms with Crippen LogP contribution in [0.25, 0.3) is 5.69 Å². The van der Waals surface area contributed by atoms with Crippen molar-refractivity contribution in [1.82, 2.24) is 9.88 Å². The van der Waals surface area contributed by atoms with Gasteiger partial charge < -0.3 is 20.1 Å². The van der Waals surface area contributed by atoms with Gasteiger partial charge in [-0.25, -0.2) is 4.79 Å². The molecule has 0 aliphatic heterocycles. The largest absolute Gasteiger partial charge is 0.479 e. The number of hydrogen-bond acceptors (Lipinski definition) is 3. The summed E-state index contributed by atoms with van der Waals surface area (Å²) in [6.07, 6.45) is 2.26. The highest BCUT2D eigenvalue weighted by atomic mass is 16.4. The van der Waals surface area contributed by atoms with Crippen molar-refractivity contribution in [1.29, 1.82) is 0 Å². The van der Waals surface area contributed by atoms with Gasteiger partial charge in [-0.2, -0.15) is 0 Å². The zero-order valence-electron chi connectivity index (χ0n) is 11.3. The van der Waals surface area contributed by atoms with Crippen LogP contribution in [0.3, 0.4) is 0 Å². The summed E-state index contributed by atoms with van der Waals surface area (Å²) in [5.74, 6) is -1.60. The number of hydrogen-bond donors (Lipinski definition) is 3. The standard InChI is InChI=1S/C15H16N2O4/c18-13(15(20)21)6-7-16-14(19)11-4-3-5-12(10-11)17-8-1-2-9-17/h1-5,8-10,13,18H,6-7H2,(H,16,19)(H,20,21)/t13-/m0/s1. The lowest BCUT2D eigenvalue weighted by atomic mass is 10.2. The molecule has 0 bridgehead atoms. The van der Waals surface area contributed by atoms with E-state index in [1.54, 1.807) is 18.2 Å². The Labute approximate surface area is 121 Å².